The number of amides is 2. The van der Waals surface area contributed by atoms with E-state index in [2.05, 4.69) is 5.32 Å². The first-order chi connectivity index (χ1) is 14.2. The highest BCUT2D eigenvalue weighted by Crippen LogP contribution is 2.22. The van der Waals surface area contributed by atoms with Crippen LogP contribution in [0.3, 0.4) is 0 Å². The van der Waals surface area contributed by atoms with Gasteiger partial charge in [-0.05, 0) is 50.1 Å². The maximum Gasteiger partial charge on any atom is 0.251 e. The highest BCUT2D eigenvalue weighted by Gasteiger charge is 2.32. The Kier molecular flexibility index (Phi) is 6.58. The van der Waals surface area contributed by atoms with E-state index < -0.39 is 16.1 Å². The van der Waals surface area contributed by atoms with E-state index in [0.29, 0.717) is 16.0 Å². The number of hydrogen-bond donors (Lipinski definition) is 1. The average Bonchev–Trinajstić information content (AvgIpc) is 2.75. The van der Waals surface area contributed by atoms with Gasteiger partial charge in [-0.25, -0.2) is 8.42 Å². The molecule has 1 aliphatic heterocycles. The molecule has 30 heavy (non-hydrogen) atoms. The number of piperazine rings is 1. The summed E-state index contributed by atoms with van der Waals surface area (Å²) >= 11 is 0. The van der Waals surface area contributed by atoms with Gasteiger partial charge in [0.1, 0.15) is 6.04 Å². The summed E-state index contributed by atoms with van der Waals surface area (Å²) in [6.45, 7) is 6.30. The Balaban J connectivity index is 1.61. The zero-order valence-electron chi connectivity index (χ0n) is 17.5. The lowest BCUT2D eigenvalue weighted by atomic mass is 10.2. The van der Waals surface area contributed by atoms with E-state index in [0.717, 1.165) is 5.56 Å². The highest BCUT2D eigenvalue weighted by atomic mass is 32.2. The zero-order valence-corrected chi connectivity index (χ0v) is 18.3. The number of carbonyl (C=O) groups excluding carboxylic acids is 2. The first kappa shape index (κ1) is 22.0. The molecular weight excluding hydrogens is 402 g/mol. The minimum atomic E-state index is -3.61. The molecule has 0 radical (unpaired) electrons. The van der Waals surface area contributed by atoms with Crippen molar-refractivity contribution in [3.05, 3.63) is 65.2 Å². The molecule has 0 bridgehead atoms. The van der Waals surface area contributed by atoms with Crippen LogP contribution in [0.5, 0.6) is 0 Å². The maximum absolute atomic E-state index is 13.0. The molecule has 1 aliphatic rings. The second kappa shape index (κ2) is 8.97. The third kappa shape index (κ3) is 4.71. The highest BCUT2D eigenvalue weighted by molar-refractivity contribution is 7.89. The van der Waals surface area contributed by atoms with Gasteiger partial charge in [0.25, 0.3) is 5.91 Å². The van der Waals surface area contributed by atoms with Crippen molar-refractivity contribution in [3.8, 4) is 0 Å². The predicted molar refractivity (Wildman–Crippen MR) is 115 cm³/mol. The fourth-order valence-corrected chi connectivity index (χ4v) is 5.21. The van der Waals surface area contributed by atoms with Gasteiger partial charge >= 0.3 is 0 Å². The Morgan fingerprint density at radius 1 is 0.967 bits per heavy atom. The second-order valence-corrected chi connectivity index (χ2v) is 9.47. The molecule has 1 saturated heterocycles. The molecule has 0 aromatic heterocycles. The van der Waals surface area contributed by atoms with E-state index in [4.69, 9.17) is 0 Å². The van der Waals surface area contributed by atoms with Crippen molar-refractivity contribution in [2.75, 3.05) is 26.2 Å². The van der Waals surface area contributed by atoms with Gasteiger partial charge in [0.05, 0.1) is 4.90 Å². The Hall–Kier alpha value is -2.71. The van der Waals surface area contributed by atoms with Crippen LogP contribution in [0.4, 0.5) is 0 Å². The van der Waals surface area contributed by atoms with E-state index in [1.165, 1.54) is 4.31 Å². The van der Waals surface area contributed by atoms with Crippen LogP contribution in [0.1, 0.15) is 28.4 Å². The molecular formula is C22H27N3O4S. The topological polar surface area (TPSA) is 86.8 Å². The van der Waals surface area contributed by atoms with Crippen molar-refractivity contribution in [2.45, 2.75) is 31.7 Å². The molecule has 1 fully saturated rings. The van der Waals surface area contributed by atoms with Gasteiger partial charge < -0.3 is 10.2 Å². The van der Waals surface area contributed by atoms with Crippen molar-refractivity contribution in [1.82, 2.24) is 14.5 Å². The first-order valence-corrected chi connectivity index (χ1v) is 11.4. The number of sulfonamides is 1. The van der Waals surface area contributed by atoms with Gasteiger partial charge in [0.15, 0.2) is 0 Å². The van der Waals surface area contributed by atoms with Gasteiger partial charge in [-0.1, -0.05) is 30.3 Å². The number of nitrogens with zero attached hydrogens (tertiary/aromatic N) is 2. The summed E-state index contributed by atoms with van der Waals surface area (Å²) < 4.78 is 27.5. The van der Waals surface area contributed by atoms with E-state index >= 15 is 0 Å². The Morgan fingerprint density at radius 2 is 1.60 bits per heavy atom. The largest absolute Gasteiger partial charge is 0.341 e. The molecule has 0 saturated carbocycles. The van der Waals surface area contributed by atoms with Crippen LogP contribution >= 0.6 is 0 Å². The van der Waals surface area contributed by atoms with Crippen LogP contribution in [-0.2, 0) is 14.8 Å². The standard InChI is InChI=1S/C22H27N3O4S/c1-16-9-10-17(2)20(15-16)30(28,29)25-13-11-24(12-14-25)22(27)18(3)23-21(26)19-7-5-4-6-8-19/h4-10,15,18H,11-14H2,1-3H3,(H,23,26). The second-order valence-electron chi connectivity index (χ2n) is 7.56. The van der Waals surface area contributed by atoms with Crippen LogP contribution in [0.15, 0.2) is 53.4 Å². The Morgan fingerprint density at radius 3 is 2.23 bits per heavy atom. The fraction of sp³-hybridized carbons (Fsp3) is 0.364. The smallest absolute Gasteiger partial charge is 0.251 e. The molecule has 0 aliphatic carbocycles. The van der Waals surface area contributed by atoms with E-state index in [1.807, 2.05) is 19.1 Å². The molecule has 2 aromatic carbocycles. The van der Waals surface area contributed by atoms with E-state index in [9.17, 15) is 18.0 Å². The lowest BCUT2D eigenvalue weighted by Gasteiger charge is -2.35. The molecule has 0 spiro atoms. The van der Waals surface area contributed by atoms with Crippen LogP contribution in [-0.4, -0.2) is 61.7 Å². The van der Waals surface area contributed by atoms with Crippen LogP contribution in [0.25, 0.3) is 0 Å². The zero-order chi connectivity index (χ0) is 21.9. The van der Waals surface area contributed by atoms with Crippen LogP contribution < -0.4 is 5.32 Å². The van der Waals surface area contributed by atoms with Crippen molar-refractivity contribution in [3.63, 3.8) is 0 Å². The number of aryl methyl sites for hydroxylation is 2. The Labute approximate surface area is 177 Å². The molecule has 8 heteroatoms. The van der Waals surface area contributed by atoms with E-state index in [-0.39, 0.29) is 38.0 Å². The van der Waals surface area contributed by atoms with Crippen LogP contribution in [0, 0.1) is 13.8 Å². The monoisotopic (exact) mass is 429 g/mol. The SMILES string of the molecule is Cc1ccc(C)c(S(=O)(=O)N2CCN(C(=O)C(C)NC(=O)c3ccccc3)CC2)c1. The number of carbonyl (C=O) groups is 2. The van der Waals surface area contributed by atoms with Crippen molar-refractivity contribution >= 4 is 21.8 Å². The summed E-state index contributed by atoms with van der Waals surface area (Å²) in [6, 6.07) is 13.4. The summed E-state index contributed by atoms with van der Waals surface area (Å²) in [5, 5.41) is 2.71. The molecule has 160 valence electrons. The van der Waals surface area contributed by atoms with Gasteiger partial charge in [0.2, 0.25) is 15.9 Å². The molecule has 2 amide bonds. The van der Waals surface area contributed by atoms with Crippen LogP contribution in [0.2, 0.25) is 0 Å². The summed E-state index contributed by atoms with van der Waals surface area (Å²) in [5.74, 6) is -0.532. The molecule has 7 nitrogen and oxygen atoms in total. The van der Waals surface area contributed by atoms with Crippen molar-refractivity contribution < 1.29 is 18.0 Å². The van der Waals surface area contributed by atoms with Gasteiger partial charge in [-0.3, -0.25) is 9.59 Å². The molecule has 1 heterocycles. The average molecular weight is 430 g/mol. The summed E-state index contributed by atoms with van der Waals surface area (Å²) in [6.07, 6.45) is 0. The third-order valence-corrected chi connectivity index (χ3v) is 7.31. The molecule has 2 aromatic rings. The van der Waals surface area contributed by atoms with E-state index in [1.54, 1.807) is 55.1 Å². The summed E-state index contributed by atoms with van der Waals surface area (Å²) in [5.41, 5.74) is 2.08. The molecule has 1 atom stereocenters. The number of nitrogens with one attached hydrogen (secondary N) is 1. The summed E-state index contributed by atoms with van der Waals surface area (Å²) in [4.78, 5) is 26.9. The number of benzene rings is 2. The minimum absolute atomic E-state index is 0.219. The number of rotatable bonds is 5. The fourth-order valence-electron chi connectivity index (χ4n) is 3.48. The summed E-state index contributed by atoms with van der Waals surface area (Å²) in [7, 11) is -3.61. The normalized spacial score (nSPS) is 16.2. The lowest BCUT2D eigenvalue weighted by Crippen LogP contribution is -2.55. The predicted octanol–water partition coefficient (Wildman–Crippen LogP) is 1.95. The quantitative estimate of drug-likeness (QED) is 0.787. The van der Waals surface area contributed by atoms with Gasteiger partial charge in [-0.15, -0.1) is 0 Å². The maximum atomic E-state index is 13.0. The lowest BCUT2D eigenvalue weighted by molar-refractivity contribution is -0.134. The van der Waals surface area contributed by atoms with Crippen molar-refractivity contribution in [2.24, 2.45) is 0 Å². The third-order valence-electron chi connectivity index (χ3n) is 5.27. The first-order valence-electron chi connectivity index (χ1n) is 9.92. The molecule has 3 rings (SSSR count). The number of hydrogen-bond acceptors (Lipinski definition) is 4. The van der Waals surface area contributed by atoms with Gasteiger partial charge in [-0.2, -0.15) is 4.31 Å². The van der Waals surface area contributed by atoms with Gasteiger partial charge in [0, 0.05) is 31.7 Å². The minimum Gasteiger partial charge on any atom is -0.341 e. The molecule has 1 N–H and O–H groups in total. The van der Waals surface area contributed by atoms with Crippen molar-refractivity contribution in [1.29, 1.82) is 0 Å². The Bertz CT molecular complexity index is 1030. The molecule has 1 unspecified atom stereocenters.